The van der Waals surface area contributed by atoms with Gasteiger partial charge in [-0.25, -0.2) is 0 Å². The molecule has 1 aliphatic carbocycles. The van der Waals surface area contributed by atoms with Gasteiger partial charge in [-0.05, 0) is 37.7 Å². The van der Waals surface area contributed by atoms with Gasteiger partial charge in [0.15, 0.2) is 0 Å². The highest BCUT2D eigenvalue weighted by atomic mass is 19.4. The van der Waals surface area contributed by atoms with Crippen molar-refractivity contribution in [1.82, 2.24) is 9.88 Å². The standard InChI is InChI=1S/C15H19F3N2O2/c1-10-2-5-12(6-3-10)19-13(21)9-20-8-11(15(16,17)18)4-7-14(20)22/h4,7-8,10,12H,2-3,5-6,9H2,1H3,(H,19,21). The molecule has 1 heterocycles. The maximum absolute atomic E-state index is 12.6. The summed E-state index contributed by atoms with van der Waals surface area (Å²) in [5, 5.41) is 2.79. The molecule has 1 amide bonds. The van der Waals surface area contributed by atoms with E-state index in [1.165, 1.54) is 0 Å². The highest BCUT2D eigenvalue weighted by molar-refractivity contribution is 5.76. The van der Waals surface area contributed by atoms with Crippen molar-refractivity contribution >= 4 is 5.91 Å². The minimum atomic E-state index is -4.54. The van der Waals surface area contributed by atoms with Gasteiger partial charge in [0, 0.05) is 18.3 Å². The number of nitrogens with one attached hydrogen (secondary N) is 1. The van der Waals surface area contributed by atoms with Gasteiger partial charge in [-0.3, -0.25) is 9.59 Å². The summed E-state index contributed by atoms with van der Waals surface area (Å²) in [6.45, 7) is 1.76. The van der Waals surface area contributed by atoms with Gasteiger partial charge in [-0.1, -0.05) is 6.92 Å². The first kappa shape index (κ1) is 16.6. The molecule has 1 aromatic heterocycles. The zero-order chi connectivity index (χ0) is 16.3. The number of carbonyl (C=O) groups is 1. The molecule has 7 heteroatoms. The smallest absolute Gasteiger partial charge is 0.352 e. The summed E-state index contributed by atoms with van der Waals surface area (Å²) in [7, 11) is 0. The van der Waals surface area contributed by atoms with Gasteiger partial charge < -0.3 is 9.88 Å². The molecule has 1 saturated carbocycles. The van der Waals surface area contributed by atoms with Gasteiger partial charge in [0.1, 0.15) is 6.54 Å². The summed E-state index contributed by atoms with van der Waals surface area (Å²) in [6.07, 6.45) is -0.0754. The highest BCUT2D eigenvalue weighted by Gasteiger charge is 2.31. The summed E-state index contributed by atoms with van der Waals surface area (Å²) >= 11 is 0. The van der Waals surface area contributed by atoms with Gasteiger partial charge in [0.25, 0.3) is 5.56 Å². The lowest BCUT2D eigenvalue weighted by atomic mass is 9.87. The van der Waals surface area contributed by atoms with Crippen LogP contribution in [0.5, 0.6) is 0 Å². The van der Waals surface area contributed by atoms with Crippen LogP contribution in [0.15, 0.2) is 23.1 Å². The molecule has 1 aromatic rings. The molecule has 1 N–H and O–H groups in total. The van der Waals surface area contributed by atoms with Crippen LogP contribution in [-0.4, -0.2) is 16.5 Å². The third kappa shape index (κ3) is 4.35. The van der Waals surface area contributed by atoms with E-state index < -0.39 is 29.8 Å². The number of carbonyl (C=O) groups excluding carboxylic acids is 1. The summed E-state index contributed by atoms with van der Waals surface area (Å²) in [4.78, 5) is 23.5. The third-order valence-corrected chi connectivity index (χ3v) is 4.01. The number of aromatic nitrogens is 1. The van der Waals surface area contributed by atoms with E-state index in [0.29, 0.717) is 12.1 Å². The Balaban J connectivity index is 2.01. The van der Waals surface area contributed by atoms with Crippen molar-refractivity contribution in [3.63, 3.8) is 0 Å². The van der Waals surface area contributed by atoms with Crippen molar-refractivity contribution in [3.8, 4) is 0 Å². The highest BCUT2D eigenvalue weighted by Crippen LogP contribution is 2.28. The molecular weight excluding hydrogens is 297 g/mol. The van der Waals surface area contributed by atoms with Crippen LogP contribution in [0.1, 0.15) is 38.2 Å². The fourth-order valence-electron chi connectivity index (χ4n) is 2.66. The van der Waals surface area contributed by atoms with E-state index in [-0.39, 0.29) is 6.04 Å². The summed E-state index contributed by atoms with van der Waals surface area (Å²) in [5.74, 6) is 0.209. The minimum Gasteiger partial charge on any atom is -0.352 e. The van der Waals surface area contributed by atoms with Crippen molar-refractivity contribution in [2.45, 2.75) is 51.4 Å². The van der Waals surface area contributed by atoms with E-state index in [4.69, 9.17) is 0 Å². The number of hydrogen-bond donors (Lipinski definition) is 1. The Kier molecular flexibility index (Phi) is 4.93. The van der Waals surface area contributed by atoms with Crippen LogP contribution < -0.4 is 10.9 Å². The first-order chi connectivity index (χ1) is 10.3. The molecule has 122 valence electrons. The number of amides is 1. The molecule has 4 nitrogen and oxygen atoms in total. The predicted octanol–water partition coefficient (Wildman–Crippen LogP) is 2.56. The maximum Gasteiger partial charge on any atom is 0.417 e. The second-order valence-corrected chi connectivity index (χ2v) is 5.91. The number of hydrogen-bond acceptors (Lipinski definition) is 2. The van der Waals surface area contributed by atoms with Crippen molar-refractivity contribution in [1.29, 1.82) is 0 Å². The number of rotatable bonds is 3. The zero-order valence-corrected chi connectivity index (χ0v) is 12.3. The van der Waals surface area contributed by atoms with Gasteiger partial charge in [-0.2, -0.15) is 13.2 Å². The van der Waals surface area contributed by atoms with Crippen LogP contribution in [0, 0.1) is 5.92 Å². The lowest BCUT2D eigenvalue weighted by molar-refractivity contribution is -0.138. The molecule has 0 spiro atoms. The van der Waals surface area contributed by atoms with E-state index in [0.717, 1.165) is 42.4 Å². The predicted molar refractivity (Wildman–Crippen MR) is 75.3 cm³/mol. The Hall–Kier alpha value is -1.79. The summed E-state index contributed by atoms with van der Waals surface area (Å²) in [6, 6.07) is 1.60. The van der Waals surface area contributed by atoms with Gasteiger partial charge >= 0.3 is 6.18 Å². The normalized spacial score (nSPS) is 22.4. The van der Waals surface area contributed by atoms with Crippen LogP contribution in [0.2, 0.25) is 0 Å². The lowest BCUT2D eigenvalue weighted by Gasteiger charge is -2.27. The SMILES string of the molecule is CC1CCC(NC(=O)Cn2cc(C(F)(F)F)ccc2=O)CC1. The zero-order valence-electron chi connectivity index (χ0n) is 12.3. The largest absolute Gasteiger partial charge is 0.417 e. The summed E-state index contributed by atoms with van der Waals surface area (Å²) < 4.78 is 38.7. The third-order valence-electron chi connectivity index (χ3n) is 4.01. The minimum absolute atomic E-state index is 0.0465. The van der Waals surface area contributed by atoms with E-state index in [1.54, 1.807) is 0 Å². The Morgan fingerprint density at radius 2 is 1.91 bits per heavy atom. The monoisotopic (exact) mass is 316 g/mol. The quantitative estimate of drug-likeness (QED) is 0.932. The second-order valence-electron chi connectivity index (χ2n) is 5.91. The second kappa shape index (κ2) is 6.54. The molecular formula is C15H19F3N2O2. The molecule has 22 heavy (non-hydrogen) atoms. The van der Waals surface area contributed by atoms with E-state index in [9.17, 15) is 22.8 Å². The van der Waals surface area contributed by atoms with Crippen LogP contribution in [0.3, 0.4) is 0 Å². The topological polar surface area (TPSA) is 51.1 Å². The van der Waals surface area contributed by atoms with Gasteiger partial charge in [0.2, 0.25) is 5.91 Å². The number of nitrogens with zero attached hydrogens (tertiary/aromatic N) is 1. The van der Waals surface area contributed by atoms with Crippen molar-refractivity contribution in [2.24, 2.45) is 5.92 Å². The first-order valence-electron chi connectivity index (χ1n) is 7.33. The van der Waals surface area contributed by atoms with Crippen LogP contribution in [0.4, 0.5) is 13.2 Å². The fraction of sp³-hybridized carbons (Fsp3) is 0.600. The van der Waals surface area contributed by atoms with E-state index in [1.807, 2.05) is 0 Å². The van der Waals surface area contributed by atoms with Crippen molar-refractivity contribution in [2.75, 3.05) is 0 Å². The van der Waals surface area contributed by atoms with Crippen molar-refractivity contribution < 1.29 is 18.0 Å². The van der Waals surface area contributed by atoms with E-state index >= 15 is 0 Å². The summed E-state index contributed by atoms with van der Waals surface area (Å²) in [5.41, 5.74) is -1.56. The molecule has 1 fully saturated rings. The fourth-order valence-corrected chi connectivity index (χ4v) is 2.66. The Labute approximate surface area is 126 Å². The first-order valence-corrected chi connectivity index (χ1v) is 7.33. The molecule has 0 bridgehead atoms. The number of pyridine rings is 1. The lowest BCUT2D eigenvalue weighted by Crippen LogP contribution is -2.40. The number of halogens is 3. The molecule has 0 saturated heterocycles. The van der Waals surface area contributed by atoms with Crippen molar-refractivity contribution in [3.05, 3.63) is 34.2 Å². The average Bonchev–Trinajstić information content (AvgIpc) is 2.42. The molecule has 2 rings (SSSR count). The molecule has 0 unspecified atom stereocenters. The van der Waals surface area contributed by atoms with Crippen LogP contribution in [0.25, 0.3) is 0 Å². The Morgan fingerprint density at radius 3 is 2.50 bits per heavy atom. The molecule has 1 aliphatic rings. The average molecular weight is 316 g/mol. The Morgan fingerprint density at radius 1 is 1.27 bits per heavy atom. The van der Waals surface area contributed by atoms with Gasteiger partial charge in [0.05, 0.1) is 5.56 Å². The molecule has 0 radical (unpaired) electrons. The van der Waals surface area contributed by atoms with Gasteiger partial charge in [-0.15, -0.1) is 0 Å². The molecule has 0 aliphatic heterocycles. The molecule has 0 aromatic carbocycles. The van der Waals surface area contributed by atoms with Crippen LogP contribution >= 0.6 is 0 Å². The van der Waals surface area contributed by atoms with E-state index in [2.05, 4.69) is 12.2 Å². The maximum atomic E-state index is 12.6. The Bertz CT molecular complexity index is 587. The van der Waals surface area contributed by atoms with Crippen LogP contribution in [-0.2, 0) is 17.5 Å². The molecule has 0 atom stereocenters. The number of alkyl halides is 3.